The zero-order chi connectivity index (χ0) is 9.03. The Bertz CT molecular complexity index is 225. The van der Waals surface area contributed by atoms with Crippen LogP contribution in [0.4, 0.5) is 0 Å². The molecule has 1 radical (unpaired) electrons. The quantitative estimate of drug-likeness (QED) is 0.589. The van der Waals surface area contributed by atoms with Crippen molar-refractivity contribution in [1.82, 2.24) is 0 Å². The van der Waals surface area contributed by atoms with Crippen molar-refractivity contribution in [3.8, 4) is 0 Å². The van der Waals surface area contributed by atoms with Gasteiger partial charge in [0.25, 0.3) is 0 Å². The van der Waals surface area contributed by atoms with Gasteiger partial charge < -0.3 is 4.39 Å². The van der Waals surface area contributed by atoms with Gasteiger partial charge in [-0.3, -0.25) is 0 Å². The van der Waals surface area contributed by atoms with Gasteiger partial charge in [0, 0.05) is 27.5 Å². The van der Waals surface area contributed by atoms with Gasteiger partial charge in [-0.1, -0.05) is 30.3 Å². The smallest absolute Gasteiger partial charge is 0.402 e. The summed E-state index contributed by atoms with van der Waals surface area (Å²) in [5, 5.41) is 0. The molecule has 0 bridgehead atoms. The highest BCUT2D eigenvalue weighted by Gasteiger charge is 2.12. The van der Waals surface area contributed by atoms with E-state index in [0.717, 1.165) is 10.7 Å². The first-order chi connectivity index (χ1) is 5.58. The van der Waals surface area contributed by atoms with E-state index in [1.54, 1.807) is 0 Å². The molecule has 0 aliphatic heterocycles. The van der Waals surface area contributed by atoms with Crippen molar-refractivity contribution >= 4 is 7.41 Å². The van der Waals surface area contributed by atoms with Crippen molar-refractivity contribution in [3.63, 3.8) is 0 Å². The van der Waals surface area contributed by atoms with Gasteiger partial charge in [-0.25, -0.2) is 0 Å². The molecule has 1 nitrogen and oxygen atoms in total. The lowest BCUT2D eigenvalue weighted by molar-refractivity contribution is -0.756. The number of rotatable bonds is 3. The normalized spacial score (nSPS) is 11.2. The second-order valence-corrected chi connectivity index (χ2v) is 3.99. The summed E-state index contributed by atoms with van der Waals surface area (Å²) in [6.07, 6.45) is 1.05. The molecule has 1 aromatic rings. The van der Waals surface area contributed by atoms with Crippen LogP contribution in [0, 0.1) is 0 Å². The summed E-state index contributed by atoms with van der Waals surface area (Å²) in [5.41, 5.74) is 1.38. The van der Waals surface area contributed by atoms with Crippen LogP contribution in [0.1, 0.15) is 5.56 Å². The van der Waals surface area contributed by atoms with Crippen LogP contribution in [0.2, 0.25) is 0 Å². The first kappa shape index (κ1) is 9.33. The number of benzene rings is 1. The van der Waals surface area contributed by atoms with E-state index in [1.807, 2.05) is 0 Å². The highest BCUT2D eigenvalue weighted by atomic mass is 15.2. The van der Waals surface area contributed by atoms with E-state index in [9.17, 15) is 0 Å². The maximum atomic E-state index is 2.29. The van der Waals surface area contributed by atoms with Crippen LogP contribution in [-0.4, -0.2) is 33.0 Å². The lowest BCUT2D eigenvalue weighted by Gasteiger charge is -2.22. The van der Waals surface area contributed by atoms with Gasteiger partial charge in [0.15, 0.2) is 0 Å². The predicted molar refractivity (Wildman–Crippen MR) is 53.9 cm³/mol. The van der Waals surface area contributed by atoms with Crippen LogP contribution >= 0.6 is 0 Å². The summed E-state index contributed by atoms with van der Waals surface area (Å²) in [6, 6.07) is 10.5. The van der Waals surface area contributed by atoms with Gasteiger partial charge in [0.1, 0.15) is 0 Å². The molecule has 0 saturated heterocycles. The largest absolute Gasteiger partial charge is 0.450 e. The van der Waals surface area contributed by atoms with E-state index in [4.69, 9.17) is 0 Å². The number of hydrogen-bond acceptors (Lipinski definition) is 0. The minimum atomic E-state index is 0.912. The molecular weight excluding hydrogens is 145 g/mol. The summed E-state index contributed by atoms with van der Waals surface area (Å²) in [6.45, 7) is 0. The van der Waals surface area contributed by atoms with Gasteiger partial charge in [0.05, 0.1) is 0 Å². The lowest BCUT2D eigenvalue weighted by Crippen LogP contribution is -2.39. The zero-order valence-corrected chi connectivity index (χ0v) is 8.12. The molecule has 2 heteroatoms. The Balaban J connectivity index is 2.44. The van der Waals surface area contributed by atoms with Crippen molar-refractivity contribution in [2.45, 2.75) is 6.32 Å². The van der Waals surface area contributed by atoms with Gasteiger partial charge in [0.2, 0.25) is 0 Å². The Morgan fingerprint density at radius 3 is 2.17 bits per heavy atom. The third-order valence-corrected chi connectivity index (χ3v) is 1.72. The number of quaternary nitrogens is 1. The first-order valence-electron chi connectivity index (χ1n) is 4.27. The van der Waals surface area contributed by atoms with Crippen LogP contribution in [0.5, 0.6) is 0 Å². The molecule has 0 N–H and O–H groups in total. The van der Waals surface area contributed by atoms with E-state index in [-0.39, 0.29) is 0 Å². The molecule has 1 aromatic carbocycles. The van der Waals surface area contributed by atoms with Crippen molar-refractivity contribution in [2.75, 3.05) is 21.1 Å². The average molecular weight is 161 g/mol. The molecule has 0 aromatic heterocycles. The molecule has 0 aliphatic carbocycles. The summed E-state index contributed by atoms with van der Waals surface area (Å²) < 4.78 is 0.912. The molecule has 12 heavy (non-hydrogen) atoms. The second kappa shape index (κ2) is 3.77. The standard InChI is InChI=1S/C10H16BN/c1-12(2,3)11-9-10-7-5-4-6-8-10/h4-8H,9H2,1-3H3/q+1. The van der Waals surface area contributed by atoms with Gasteiger partial charge >= 0.3 is 7.41 Å². The van der Waals surface area contributed by atoms with Crippen molar-refractivity contribution in [1.29, 1.82) is 0 Å². The molecule has 0 atom stereocenters. The van der Waals surface area contributed by atoms with Crippen LogP contribution in [0.15, 0.2) is 30.3 Å². The van der Waals surface area contributed by atoms with E-state index in [2.05, 4.69) is 58.9 Å². The van der Waals surface area contributed by atoms with E-state index in [1.165, 1.54) is 5.56 Å². The van der Waals surface area contributed by atoms with E-state index >= 15 is 0 Å². The fourth-order valence-electron chi connectivity index (χ4n) is 0.993. The molecular formula is C10H16BN+. The number of hydrogen-bond donors (Lipinski definition) is 0. The summed E-state index contributed by atoms with van der Waals surface area (Å²) in [5.74, 6) is 0. The molecule has 0 fully saturated rings. The molecule has 0 aliphatic rings. The Morgan fingerprint density at radius 1 is 1.08 bits per heavy atom. The molecule has 1 rings (SSSR count). The first-order valence-corrected chi connectivity index (χ1v) is 4.27. The molecule has 63 valence electrons. The van der Waals surface area contributed by atoms with Gasteiger partial charge in [-0.05, 0) is 5.56 Å². The topological polar surface area (TPSA) is 0 Å². The van der Waals surface area contributed by atoms with Crippen LogP contribution in [0.25, 0.3) is 0 Å². The Hall–Kier alpha value is -0.755. The maximum absolute atomic E-state index is 2.29. The Kier molecular flexibility index (Phi) is 2.93. The van der Waals surface area contributed by atoms with Crippen LogP contribution in [0.3, 0.4) is 0 Å². The monoisotopic (exact) mass is 161 g/mol. The molecule has 0 amide bonds. The van der Waals surface area contributed by atoms with Crippen LogP contribution < -0.4 is 0 Å². The van der Waals surface area contributed by atoms with Crippen molar-refractivity contribution < 1.29 is 4.39 Å². The van der Waals surface area contributed by atoms with Crippen molar-refractivity contribution in [3.05, 3.63) is 35.9 Å². The molecule has 0 spiro atoms. The second-order valence-electron chi connectivity index (χ2n) is 3.99. The minimum Gasteiger partial charge on any atom is -0.402 e. The SMILES string of the molecule is C[N+](C)(C)[B]Cc1ccccc1. The summed E-state index contributed by atoms with van der Waals surface area (Å²) in [7, 11) is 8.80. The predicted octanol–water partition coefficient (Wildman–Crippen LogP) is 1.51. The fourth-order valence-corrected chi connectivity index (χ4v) is 0.993. The molecule has 0 unspecified atom stereocenters. The summed E-state index contributed by atoms with van der Waals surface area (Å²) >= 11 is 0. The third-order valence-electron chi connectivity index (χ3n) is 1.72. The lowest BCUT2D eigenvalue weighted by atomic mass is 9.80. The summed E-state index contributed by atoms with van der Waals surface area (Å²) in [4.78, 5) is 0. The van der Waals surface area contributed by atoms with E-state index < -0.39 is 0 Å². The highest BCUT2D eigenvalue weighted by molar-refractivity contribution is 6.25. The fraction of sp³-hybridized carbons (Fsp3) is 0.400. The van der Waals surface area contributed by atoms with Gasteiger partial charge in [-0.15, -0.1) is 0 Å². The zero-order valence-electron chi connectivity index (χ0n) is 8.12. The van der Waals surface area contributed by atoms with Gasteiger partial charge in [-0.2, -0.15) is 0 Å². The Labute approximate surface area is 75.9 Å². The molecule has 0 saturated carbocycles. The van der Waals surface area contributed by atoms with Crippen LogP contribution in [-0.2, 0) is 6.32 Å². The highest BCUT2D eigenvalue weighted by Crippen LogP contribution is 2.00. The minimum absolute atomic E-state index is 0.912. The number of nitrogens with zero attached hydrogens (tertiary/aromatic N) is 1. The van der Waals surface area contributed by atoms with E-state index in [0.29, 0.717) is 0 Å². The third kappa shape index (κ3) is 3.58. The Morgan fingerprint density at radius 2 is 1.67 bits per heavy atom. The molecule has 0 heterocycles. The average Bonchev–Trinajstić information content (AvgIpc) is 2.02. The maximum Gasteiger partial charge on any atom is 0.450 e. The van der Waals surface area contributed by atoms with Crippen molar-refractivity contribution in [2.24, 2.45) is 0 Å².